The lowest BCUT2D eigenvalue weighted by Crippen LogP contribution is -1.74. The summed E-state index contributed by atoms with van der Waals surface area (Å²) in [7, 11) is 0. The number of furan rings is 1. The molecule has 0 spiro atoms. The molecule has 0 atom stereocenters. The van der Waals surface area contributed by atoms with Gasteiger partial charge in [-0.2, -0.15) is 0 Å². The van der Waals surface area contributed by atoms with Crippen LogP contribution in [-0.2, 0) is 0 Å². The maximum atomic E-state index is 9.32. The largest absolute Gasteiger partial charge is 0.508 e. The zero-order valence-corrected chi connectivity index (χ0v) is 8.28. The molecule has 0 unspecified atom stereocenters. The Hall–Kier alpha value is -1.22. The van der Waals surface area contributed by atoms with Crippen molar-refractivity contribution >= 4 is 15.9 Å². The van der Waals surface area contributed by atoms with Crippen LogP contribution in [-0.4, -0.2) is 5.11 Å². The molecule has 1 N–H and O–H groups in total. The minimum atomic E-state index is 0.223. The normalized spacial score (nSPS) is 10.2. The van der Waals surface area contributed by atoms with Gasteiger partial charge in [-0.15, -0.1) is 0 Å². The second-order valence-corrected chi connectivity index (χ2v) is 3.59. The van der Waals surface area contributed by atoms with Gasteiger partial charge >= 0.3 is 0 Å². The quantitative estimate of drug-likeness (QED) is 0.827. The van der Waals surface area contributed by atoms with Gasteiger partial charge in [-0.3, -0.25) is 0 Å². The van der Waals surface area contributed by atoms with Crippen LogP contribution in [0.4, 0.5) is 0 Å². The highest BCUT2D eigenvalue weighted by molar-refractivity contribution is 9.10. The number of hydrogen-bond donors (Lipinski definition) is 1. The summed E-state index contributed by atoms with van der Waals surface area (Å²) in [6, 6.07) is 8.84. The molecule has 1 heterocycles. The number of phenols is 1. The summed E-state index contributed by atoms with van der Waals surface area (Å²) in [5, 5.41) is 9.32. The van der Waals surface area contributed by atoms with Gasteiger partial charge in [0.15, 0.2) is 0 Å². The van der Waals surface area contributed by atoms with Crippen molar-refractivity contribution in [1.29, 1.82) is 0 Å². The van der Waals surface area contributed by atoms with Crippen LogP contribution < -0.4 is 0 Å². The SMILES string of the molecule is Oc1cc(Br)cc(-c2ccco2)c1. The maximum Gasteiger partial charge on any atom is 0.134 e. The smallest absolute Gasteiger partial charge is 0.134 e. The molecule has 0 aliphatic carbocycles. The third-order valence-electron chi connectivity index (χ3n) is 1.69. The molecule has 0 amide bonds. The lowest BCUT2D eigenvalue weighted by atomic mass is 10.2. The lowest BCUT2D eigenvalue weighted by molar-refractivity contribution is 0.474. The summed E-state index contributed by atoms with van der Waals surface area (Å²) in [4.78, 5) is 0. The molecule has 2 nitrogen and oxygen atoms in total. The van der Waals surface area contributed by atoms with Crippen LogP contribution in [0.2, 0.25) is 0 Å². The number of phenolic OH excluding ortho intramolecular Hbond substituents is 1. The average molecular weight is 239 g/mol. The first-order valence-electron chi connectivity index (χ1n) is 3.79. The highest BCUT2D eigenvalue weighted by atomic mass is 79.9. The van der Waals surface area contributed by atoms with E-state index in [-0.39, 0.29) is 5.75 Å². The third-order valence-corrected chi connectivity index (χ3v) is 2.15. The second kappa shape index (κ2) is 3.26. The summed E-state index contributed by atoms with van der Waals surface area (Å²) in [5.74, 6) is 0.970. The highest BCUT2D eigenvalue weighted by Gasteiger charge is 2.02. The van der Waals surface area contributed by atoms with Crippen LogP contribution in [0.1, 0.15) is 0 Å². The van der Waals surface area contributed by atoms with Gasteiger partial charge in [0.1, 0.15) is 11.5 Å². The fourth-order valence-electron chi connectivity index (χ4n) is 1.16. The van der Waals surface area contributed by atoms with Crippen molar-refractivity contribution in [3.05, 3.63) is 41.1 Å². The molecule has 1 aromatic carbocycles. The van der Waals surface area contributed by atoms with Gasteiger partial charge in [-0.1, -0.05) is 15.9 Å². The average Bonchev–Trinajstić information content (AvgIpc) is 2.53. The zero-order chi connectivity index (χ0) is 9.26. The van der Waals surface area contributed by atoms with Crippen LogP contribution in [0.5, 0.6) is 5.75 Å². The first kappa shape index (κ1) is 8.38. The Balaban J connectivity index is 2.53. The van der Waals surface area contributed by atoms with Gasteiger partial charge in [0.25, 0.3) is 0 Å². The molecule has 2 rings (SSSR count). The molecular weight excluding hydrogens is 232 g/mol. The minimum Gasteiger partial charge on any atom is -0.508 e. The monoisotopic (exact) mass is 238 g/mol. The molecule has 0 fully saturated rings. The van der Waals surface area contributed by atoms with E-state index in [1.165, 1.54) is 0 Å². The van der Waals surface area contributed by atoms with E-state index in [4.69, 9.17) is 4.42 Å². The number of rotatable bonds is 1. The first-order chi connectivity index (χ1) is 6.25. The van der Waals surface area contributed by atoms with Gasteiger partial charge < -0.3 is 9.52 Å². The number of hydrogen-bond acceptors (Lipinski definition) is 2. The molecule has 66 valence electrons. The number of benzene rings is 1. The Bertz CT molecular complexity index is 387. The van der Waals surface area contributed by atoms with E-state index in [9.17, 15) is 5.11 Å². The summed E-state index contributed by atoms with van der Waals surface area (Å²) in [6.45, 7) is 0. The fourth-order valence-corrected chi connectivity index (χ4v) is 1.64. The van der Waals surface area contributed by atoms with Crippen molar-refractivity contribution < 1.29 is 9.52 Å². The van der Waals surface area contributed by atoms with E-state index in [2.05, 4.69) is 15.9 Å². The molecule has 1 aromatic heterocycles. The topological polar surface area (TPSA) is 33.4 Å². The van der Waals surface area contributed by atoms with Crippen LogP contribution >= 0.6 is 15.9 Å². The van der Waals surface area contributed by atoms with Crippen molar-refractivity contribution in [3.63, 3.8) is 0 Å². The zero-order valence-electron chi connectivity index (χ0n) is 6.70. The molecule has 0 saturated heterocycles. The lowest BCUT2D eigenvalue weighted by Gasteiger charge is -1.99. The Kier molecular flexibility index (Phi) is 2.10. The highest BCUT2D eigenvalue weighted by Crippen LogP contribution is 2.27. The summed E-state index contributed by atoms with van der Waals surface area (Å²) in [5.41, 5.74) is 0.858. The van der Waals surface area contributed by atoms with Crippen LogP contribution in [0.25, 0.3) is 11.3 Å². The number of halogens is 1. The molecule has 0 aliphatic heterocycles. The van der Waals surface area contributed by atoms with Gasteiger partial charge in [-0.25, -0.2) is 0 Å². The van der Waals surface area contributed by atoms with Crippen LogP contribution in [0.15, 0.2) is 45.5 Å². The van der Waals surface area contributed by atoms with Crippen molar-refractivity contribution in [3.8, 4) is 17.1 Å². The molecule has 13 heavy (non-hydrogen) atoms. The molecule has 2 aromatic rings. The Morgan fingerprint density at radius 1 is 1.23 bits per heavy atom. The Morgan fingerprint density at radius 2 is 2.08 bits per heavy atom. The second-order valence-electron chi connectivity index (χ2n) is 2.68. The molecule has 0 bridgehead atoms. The van der Waals surface area contributed by atoms with Crippen LogP contribution in [0, 0.1) is 0 Å². The van der Waals surface area contributed by atoms with E-state index in [0.29, 0.717) is 0 Å². The van der Waals surface area contributed by atoms with Gasteiger partial charge in [-0.05, 0) is 30.3 Å². The van der Waals surface area contributed by atoms with E-state index in [1.807, 2.05) is 18.2 Å². The van der Waals surface area contributed by atoms with Gasteiger partial charge in [0, 0.05) is 10.0 Å². The van der Waals surface area contributed by atoms with Crippen molar-refractivity contribution in [1.82, 2.24) is 0 Å². The summed E-state index contributed by atoms with van der Waals surface area (Å²) in [6.07, 6.45) is 1.60. The van der Waals surface area contributed by atoms with Crippen molar-refractivity contribution in [2.45, 2.75) is 0 Å². The maximum absolute atomic E-state index is 9.32. The molecular formula is C10H7BrO2. The van der Waals surface area contributed by atoms with Crippen molar-refractivity contribution in [2.75, 3.05) is 0 Å². The van der Waals surface area contributed by atoms with E-state index < -0.39 is 0 Å². The predicted octanol–water partition coefficient (Wildman–Crippen LogP) is 3.41. The van der Waals surface area contributed by atoms with E-state index >= 15 is 0 Å². The molecule has 0 aliphatic rings. The molecule has 3 heteroatoms. The van der Waals surface area contributed by atoms with Gasteiger partial charge in [0.2, 0.25) is 0 Å². The Morgan fingerprint density at radius 3 is 2.69 bits per heavy atom. The minimum absolute atomic E-state index is 0.223. The molecule has 0 radical (unpaired) electrons. The first-order valence-corrected chi connectivity index (χ1v) is 4.58. The van der Waals surface area contributed by atoms with Crippen LogP contribution in [0.3, 0.4) is 0 Å². The standard InChI is InChI=1S/C10H7BrO2/c11-8-4-7(5-9(12)6-8)10-2-1-3-13-10/h1-6,12H. The number of aromatic hydroxyl groups is 1. The predicted molar refractivity (Wildman–Crippen MR) is 53.5 cm³/mol. The third kappa shape index (κ3) is 1.75. The van der Waals surface area contributed by atoms with Crippen molar-refractivity contribution in [2.24, 2.45) is 0 Å². The van der Waals surface area contributed by atoms with E-state index in [1.54, 1.807) is 18.4 Å². The fraction of sp³-hybridized carbons (Fsp3) is 0. The Labute approximate surface area is 83.9 Å². The van der Waals surface area contributed by atoms with E-state index in [0.717, 1.165) is 15.8 Å². The van der Waals surface area contributed by atoms with Gasteiger partial charge in [0.05, 0.1) is 6.26 Å². The summed E-state index contributed by atoms with van der Waals surface area (Å²) < 4.78 is 6.03. The molecule has 0 saturated carbocycles. The summed E-state index contributed by atoms with van der Waals surface area (Å²) >= 11 is 3.30.